The van der Waals surface area contributed by atoms with E-state index in [0.29, 0.717) is 12.1 Å². The van der Waals surface area contributed by atoms with E-state index in [0.717, 1.165) is 17.0 Å². The summed E-state index contributed by atoms with van der Waals surface area (Å²) in [5.74, 6) is -0.0267. The van der Waals surface area contributed by atoms with Gasteiger partial charge in [-0.25, -0.2) is 0 Å². The highest BCUT2D eigenvalue weighted by Crippen LogP contribution is 2.11. The molecular formula is C13H16N4O. The van der Waals surface area contributed by atoms with Crippen molar-refractivity contribution in [3.63, 3.8) is 0 Å². The average Bonchev–Trinajstić information content (AvgIpc) is 2.81. The van der Waals surface area contributed by atoms with Gasteiger partial charge in [-0.15, -0.1) is 0 Å². The molecule has 0 aliphatic carbocycles. The second kappa shape index (κ2) is 5.00. The molecule has 5 heteroatoms. The number of hydrogen-bond acceptors (Lipinski definition) is 3. The molecule has 0 aromatic carbocycles. The van der Waals surface area contributed by atoms with Crippen molar-refractivity contribution >= 4 is 5.91 Å². The van der Waals surface area contributed by atoms with E-state index in [4.69, 9.17) is 0 Å². The van der Waals surface area contributed by atoms with Crippen LogP contribution in [-0.4, -0.2) is 33.0 Å². The van der Waals surface area contributed by atoms with Crippen LogP contribution in [0.4, 0.5) is 0 Å². The minimum absolute atomic E-state index is 0.0267. The lowest BCUT2D eigenvalue weighted by Crippen LogP contribution is -2.27. The molecule has 2 rings (SSSR count). The zero-order valence-corrected chi connectivity index (χ0v) is 10.8. The van der Waals surface area contributed by atoms with Crippen LogP contribution in [-0.2, 0) is 6.54 Å². The van der Waals surface area contributed by atoms with Crippen molar-refractivity contribution in [1.82, 2.24) is 20.1 Å². The fourth-order valence-electron chi connectivity index (χ4n) is 1.83. The smallest absolute Gasteiger partial charge is 0.255 e. The number of aryl methyl sites for hydroxylation is 2. The molecule has 2 aromatic heterocycles. The molecule has 18 heavy (non-hydrogen) atoms. The molecule has 0 saturated heterocycles. The third kappa shape index (κ3) is 2.56. The van der Waals surface area contributed by atoms with Crippen LogP contribution in [0.25, 0.3) is 0 Å². The van der Waals surface area contributed by atoms with E-state index in [9.17, 15) is 4.79 Å². The topological polar surface area (TPSA) is 61.9 Å². The van der Waals surface area contributed by atoms with Crippen LogP contribution in [0.3, 0.4) is 0 Å². The number of aromatic amines is 1. The summed E-state index contributed by atoms with van der Waals surface area (Å²) in [6.07, 6.45) is 3.49. The highest BCUT2D eigenvalue weighted by Gasteiger charge is 2.15. The lowest BCUT2D eigenvalue weighted by molar-refractivity contribution is 0.0784. The Hall–Kier alpha value is -2.17. The molecule has 5 nitrogen and oxygen atoms in total. The highest BCUT2D eigenvalue weighted by molar-refractivity contribution is 5.95. The third-order valence-electron chi connectivity index (χ3n) is 2.78. The minimum Gasteiger partial charge on any atom is -0.337 e. The number of rotatable bonds is 3. The number of amides is 1. The van der Waals surface area contributed by atoms with E-state index < -0.39 is 0 Å². The van der Waals surface area contributed by atoms with Gasteiger partial charge in [-0.2, -0.15) is 5.10 Å². The summed E-state index contributed by atoms with van der Waals surface area (Å²) in [7, 11) is 1.77. The second-order valence-electron chi connectivity index (χ2n) is 4.35. The number of carbonyl (C=O) groups is 1. The molecule has 1 N–H and O–H groups in total. The van der Waals surface area contributed by atoms with Crippen LogP contribution in [0.1, 0.15) is 27.3 Å². The Labute approximate surface area is 106 Å². The summed E-state index contributed by atoms with van der Waals surface area (Å²) in [4.78, 5) is 18.2. The summed E-state index contributed by atoms with van der Waals surface area (Å²) < 4.78 is 0. The van der Waals surface area contributed by atoms with E-state index in [1.165, 1.54) is 0 Å². The van der Waals surface area contributed by atoms with E-state index in [2.05, 4.69) is 15.2 Å². The second-order valence-corrected chi connectivity index (χ2v) is 4.35. The van der Waals surface area contributed by atoms with Crippen LogP contribution >= 0.6 is 0 Å². The van der Waals surface area contributed by atoms with Crippen LogP contribution in [0, 0.1) is 13.8 Å². The van der Waals surface area contributed by atoms with E-state index >= 15 is 0 Å². The lowest BCUT2D eigenvalue weighted by Gasteiger charge is -2.17. The van der Waals surface area contributed by atoms with Gasteiger partial charge in [-0.1, -0.05) is 0 Å². The first-order chi connectivity index (χ1) is 8.58. The maximum Gasteiger partial charge on any atom is 0.255 e. The van der Waals surface area contributed by atoms with Gasteiger partial charge < -0.3 is 4.90 Å². The highest BCUT2D eigenvalue weighted by atomic mass is 16.2. The molecule has 0 atom stereocenters. The monoisotopic (exact) mass is 244 g/mol. The molecular weight excluding hydrogens is 228 g/mol. The summed E-state index contributed by atoms with van der Waals surface area (Å²) in [6, 6.07) is 3.68. The van der Waals surface area contributed by atoms with Crippen molar-refractivity contribution in [3.8, 4) is 0 Å². The molecule has 2 heterocycles. The summed E-state index contributed by atoms with van der Waals surface area (Å²) in [6.45, 7) is 4.30. The number of H-pyrrole nitrogens is 1. The Morgan fingerprint density at radius 3 is 2.78 bits per heavy atom. The van der Waals surface area contributed by atoms with Crippen molar-refractivity contribution in [1.29, 1.82) is 0 Å². The number of carbonyl (C=O) groups excluding carboxylic acids is 1. The zero-order chi connectivity index (χ0) is 13.1. The Kier molecular flexibility index (Phi) is 3.41. The van der Waals surface area contributed by atoms with Gasteiger partial charge in [0.15, 0.2) is 0 Å². The molecule has 2 aromatic rings. The Morgan fingerprint density at radius 1 is 1.39 bits per heavy atom. The quantitative estimate of drug-likeness (QED) is 0.893. The predicted octanol–water partition coefficient (Wildman–Crippen LogP) is 1.69. The van der Waals surface area contributed by atoms with Gasteiger partial charge in [0.05, 0.1) is 17.5 Å². The average molecular weight is 244 g/mol. The zero-order valence-electron chi connectivity index (χ0n) is 10.8. The first-order valence-electron chi connectivity index (χ1n) is 5.75. The molecule has 0 bridgehead atoms. The molecule has 0 spiro atoms. The fourth-order valence-corrected chi connectivity index (χ4v) is 1.83. The molecule has 0 aliphatic rings. The summed E-state index contributed by atoms with van der Waals surface area (Å²) in [5, 5.41) is 6.59. The van der Waals surface area contributed by atoms with E-state index in [1.54, 1.807) is 24.3 Å². The van der Waals surface area contributed by atoms with Crippen LogP contribution in [0.15, 0.2) is 24.5 Å². The van der Waals surface area contributed by atoms with Crippen molar-refractivity contribution in [2.75, 3.05) is 7.05 Å². The Balaban J connectivity index is 2.15. The fraction of sp³-hybridized carbons (Fsp3) is 0.308. The number of pyridine rings is 1. The van der Waals surface area contributed by atoms with Crippen molar-refractivity contribution in [2.24, 2.45) is 0 Å². The molecule has 94 valence electrons. The van der Waals surface area contributed by atoms with Crippen LogP contribution in [0.2, 0.25) is 0 Å². The van der Waals surface area contributed by atoms with Gasteiger partial charge in [0, 0.05) is 31.0 Å². The van der Waals surface area contributed by atoms with Gasteiger partial charge in [0.25, 0.3) is 5.91 Å². The van der Waals surface area contributed by atoms with E-state index in [-0.39, 0.29) is 5.91 Å². The SMILES string of the molecule is Cc1ccc(C(=O)N(C)Cc2cn[nH]c2)c(C)n1. The molecule has 0 fully saturated rings. The van der Waals surface area contributed by atoms with Gasteiger partial charge in [-0.05, 0) is 26.0 Å². The van der Waals surface area contributed by atoms with Gasteiger partial charge in [0.2, 0.25) is 0 Å². The first-order valence-corrected chi connectivity index (χ1v) is 5.75. The van der Waals surface area contributed by atoms with Crippen LogP contribution in [0.5, 0.6) is 0 Å². The number of nitrogens with zero attached hydrogens (tertiary/aromatic N) is 3. The maximum atomic E-state index is 12.3. The summed E-state index contributed by atoms with van der Waals surface area (Å²) >= 11 is 0. The lowest BCUT2D eigenvalue weighted by atomic mass is 10.1. The van der Waals surface area contributed by atoms with Gasteiger partial charge >= 0.3 is 0 Å². The first kappa shape index (κ1) is 12.3. The Bertz CT molecular complexity index is 548. The molecule has 0 unspecified atom stereocenters. The van der Waals surface area contributed by atoms with Crippen molar-refractivity contribution < 1.29 is 4.79 Å². The number of aromatic nitrogens is 3. The molecule has 0 aliphatic heterocycles. The maximum absolute atomic E-state index is 12.3. The minimum atomic E-state index is -0.0267. The predicted molar refractivity (Wildman–Crippen MR) is 68.1 cm³/mol. The molecule has 0 saturated carbocycles. The van der Waals surface area contributed by atoms with Crippen LogP contribution < -0.4 is 0 Å². The number of hydrogen-bond donors (Lipinski definition) is 1. The standard InChI is InChI=1S/C13H16N4O/c1-9-4-5-12(10(2)16-9)13(18)17(3)8-11-6-14-15-7-11/h4-7H,8H2,1-3H3,(H,14,15). The van der Waals surface area contributed by atoms with E-state index in [1.807, 2.05) is 26.0 Å². The summed E-state index contributed by atoms with van der Waals surface area (Å²) in [5.41, 5.74) is 3.30. The number of nitrogens with one attached hydrogen (secondary N) is 1. The van der Waals surface area contributed by atoms with Gasteiger partial charge in [0.1, 0.15) is 0 Å². The van der Waals surface area contributed by atoms with Gasteiger partial charge in [-0.3, -0.25) is 14.9 Å². The molecule has 1 amide bonds. The van der Waals surface area contributed by atoms with Crippen molar-refractivity contribution in [2.45, 2.75) is 20.4 Å². The third-order valence-corrected chi connectivity index (χ3v) is 2.78. The van der Waals surface area contributed by atoms with Crippen molar-refractivity contribution in [3.05, 3.63) is 47.0 Å². The Morgan fingerprint density at radius 2 is 2.17 bits per heavy atom. The largest absolute Gasteiger partial charge is 0.337 e. The normalized spacial score (nSPS) is 10.4. The molecule has 0 radical (unpaired) electrons.